The minimum Gasteiger partial charge on any atom is -0.345 e. The van der Waals surface area contributed by atoms with Crippen LogP contribution in [0.1, 0.15) is 29.2 Å². The molecule has 0 saturated heterocycles. The van der Waals surface area contributed by atoms with E-state index in [1.54, 1.807) is 0 Å². The van der Waals surface area contributed by atoms with Crippen LogP contribution in [-0.2, 0) is 19.3 Å². The second-order valence-corrected chi connectivity index (χ2v) is 5.70. The minimum atomic E-state index is 0.604. The van der Waals surface area contributed by atoms with Gasteiger partial charge in [-0.05, 0) is 49.4 Å². The maximum Gasteiger partial charge on any atom is 0.110 e. The number of hydrogen-bond acceptors (Lipinski definition) is 2. The SMILES string of the molecule is NCC1CCc2nc(Cc3cccc(Cl)c3)[nH]c2C1. The highest BCUT2D eigenvalue weighted by atomic mass is 35.5. The van der Waals surface area contributed by atoms with Crippen LogP contribution in [0.4, 0.5) is 0 Å². The zero-order valence-electron chi connectivity index (χ0n) is 10.8. The molecule has 1 aromatic heterocycles. The van der Waals surface area contributed by atoms with Crippen molar-refractivity contribution in [1.82, 2.24) is 9.97 Å². The summed E-state index contributed by atoms with van der Waals surface area (Å²) in [5, 5.41) is 0.775. The van der Waals surface area contributed by atoms with Gasteiger partial charge in [0.2, 0.25) is 0 Å². The zero-order valence-corrected chi connectivity index (χ0v) is 11.6. The van der Waals surface area contributed by atoms with E-state index in [4.69, 9.17) is 22.3 Å². The van der Waals surface area contributed by atoms with Gasteiger partial charge in [0.15, 0.2) is 0 Å². The Kier molecular flexibility index (Phi) is 3.58. The normalized spacial score (nSPS) is 18.3. The molecule has 0 aliphatic heterocycles. The van der Waals surface area contributed by atoms with Crippen LogP contribution in [0.25, 0.3) is 0 Å². The molecular weight excluding hydrogens is 258 g/mol. The smallest absolute Gasteiger partial charge is 0.110 e. The predicted octanol–water partition coefficient (Wildman–Crippen LogP) is 2.72. The number of halogens is 1. The Morgan fingerprint density at radius 2 is 2.32 bits per heavy atom. The van der Waals surface area contributed by atoms with Crippen LogP contribution in [0.3, 0.4) is 0 Å². The monoisotopic (exact) mass is 275 g/mol. The number of rotatable bonds is 3. The van der Waals surface area contributed by atoms with Crippen molar-refractivity contribution >= 4 is 11.6 Å². The largest absolute Gasteiger partial charge is 0.345 e. The molecule has 3 rings (SSSR count). The minimum absolute atomic E-state index is 0.604. The molecule has 0 saturated carbocycles. The van der Waals surface area contributed by atoms with E-state index >= 15 is 0 Å². The number of H-pyrrole nitrogens is 1. The van der Waals surface area contributed by atoms with Gasteiger partial charge in [-0.25, -0.2) is 4.98 Å². The molecule has 0 fully saturated rings. The number of benzene rings is 1. The summed E-state index contributed by atoms with van der Waals surface area (Å²) in [6, 6.07) is 7.94. The number of hydrogen-bond donors (Lipinski definition) is 2. The number of aryl methyl sites for hydroxylation is 1. The van der Waals surface area contributed by atoms with Crippen molar-refractivity contribution in [1.29, 1.82) is 0 Å². The fourth-order valence-corrected chi connectivity index (χ4v) is 2.95. The molecule has 1 aliphatic carbocycles. The molecule has 100 valence electrons. The van der Waals surface area contributed by atoms with E-state index in [2.05, 4.69) is 11.1 Å². The fraction of sp³-hybridized carbons (Fsp3) is 0.400. The molecular formula is C15H18ClN3. The Labute approximate surface area is 118 Å². The molecule has 2 aromatic rings. The van der Waals surface area contributed by atoms with Gasteiger partial charge in [-0.3, -0.25) is 0 Å². The predicted molar refractivity (Wildman–Crippen MR) is 77.4 cm³/mol. The van der Waals surface area contributed by atoms with Crippen LogP contribution < -0.4 is 5.73 Å². The van der Waals surface area contributed by atoms with Crippen molar-refractivity contribution in [3.63, 3.8) is 0 Å². The van der Waals surface area contributed by atoms with Crippen molar-refractivity contribution in [3.8, 4) is 0 Å². The Morgan fingerprint density at radius 3 is 3.11 bits per heavy atom. The molecule has 0 spiro atoms. The van der Waals surface area contributed by atoms with E-state index in [1.807, 2.05) is 18.2 Å². The third-order valence-electron chi connectivity index (χ3n) is 3.79. The third kappa shape index (κ3) is 2.82. The summed E-state index contributed by atoms with van der Waals surface area (Å²) in [7, 11) is 0. The lowest BCUT2D eigenvalue weighted by atomic mass is 9.90. The average Bonchev–Trinajstić information content (AvgIpc) is 2.79. The molecule has 3 N–H and O–H groups in total. The van der Waals surface area contributed by atoms with Crippen LogP contribution in [0, 0.1) is 5.92 Å². The first-order chi connectivity index (χ1) is 9.24. The summed E-state index contributed by atoms with van der Waals surface area (Å²) in [5.41, 5.74) is 9.45. The first kappa shape index (κ1) is 12.7. The quantitative estimate of drug-likeness (QED) is 0.905. The lowest BCUT2D eigenvalue weighted by Gasteiger charge is -2.18. The van der Waals surface area contributed by atoms with Crippen molar-refractivity contribution < 1.29 is 0 Å². The number of fused-ring (bicyclic) bond motifs is 1. The van der Waals surface area contributed by atoms with Crippen LogP contribution in [-0.4, -0.2) is 16.5 Å². The van der Waals surface area contributed by atoms with Gasteiger partial charge in [-0.2, -0.15) is 0 Å². The number of aromatic amines is 1. The number of aromatic nitrogens is 2. The molecule has 1 atom stereocenters. The highest BCUT2D eigenvalue weighted by Gasteiger charge is 2.21. The standard InChI is InChI=1S/C15H18ClN3/c16-12-3-1-2-10(6-12)8-15-18-13-5-4-11(9-17)7-14(13)19-15/h1-3,6,11H,4-5,7-9,17H2,(H,18,19). The van der Waals surface area contributed by atoms with Crippen LogP contribution in [0.2, 0.25) is 5.02 Å². The Morgan fingerprint density at radius 1 is 1.42 bits per heavy atom. The van der Waals surface area contributed by atoms with Crippen molar-refractivity contribution in [2.45, 2.75) is 25.7 Å². The maximum absolute atomic E-state index is 6.01. The Hall–Kier alpha value is -1.32. The second kappa shape index (κ2) is 5.35. The topological polar surface area (TPSA) is 54.7 Å². The lowest BCUT2D eigenvalue weighted by Crippen LogP contribution is -2.22. The molecule has 3 nitrogen and oxygen atoms in total. The van der Waals surface area contributed by atoms with Gasteiger partial charge >= 0.3 is 0 Å². The number of nitrogens with zero attached hydrogens (tertiary/aromatic N) is 1. The molecule has 0 bridgehead atoms. The average molecular weight is 276 g/mol. The van der Waals surface area contributed by atoms with E-state index in [0.29, 0.717) is 5.92 Å². The van der Waals surface area contributed by atoms with Crippen LogP contribution in [0.15, 0.2) is 24.3 Å². The summed E-state index contributed by atoms with van der Waals surface area (Å²) >= 11 is 6.01. The van der Waals surface area contributed by atoms with Crippen molar-refractivity contribution in [2.24, 2.45) is 11.7 Å². The Balaban J connectivity index is 1.78. The first-order valence-electron chi connectivity index (χ1n) is 6.75. The maximum atomic E-state index is 6.01. The molecule has 0 radical (unpaired) electrons. The summed E-state index contributed by atoms with van der Waals surface area (Å²) in [6.07, 6.45) is 4.05. The summed E-state index contributed by atoms with van der Waals surface area (Å²) in [4.78, 5) is 8.16. The van der Waals surface area contributed by atoms with Crippen LogP contribution in [0.5, 0.6) is 0 Å². The lowest BCUT2D eigenvalue weighted by molar-refractivity contribution is 0.461. The third-order valence-corrected chi connectivity index (χ3v) is 4.02. The Bertz CT molecular complexity index is 577. The molecule has 1 unspecified atom stereocenters. The van der Waals surface area contributed by atoms with E-state index in [9.17, 15) is 0 Å². The van der Waals surface area contributed by atoms with Gasteiger partial charge in [0.05, 0.1) is 5.69 Å². The summed E-state index contributed by atoms with van der Waals surface area (Å²) in [6.45, 7) is 0.766. The van der Waals surface area contributed by atoms with Crippen LogP contribution >= 0.6 is 11.6 Å². The van der Waals surface area contributed by atoms with Gasteiger partial charge in [-0.1, -0.05) is 23.7 Å². The number of nitrogens with one attached hydrogen (secondary N) is 1. The van der Waals surface area contributed by atoms with Crippen molar-refractivity contribution in [2.75, 3.05) is 6.54 Å². The van der Waals surface area contributed by atoms with E-state index in [0.717, 1.165) is 43.1 Å². The number of imidazole rings is 1. The number of nitrogens with two attached hydrogens (primary N) is 1. The van der Waals surface area contributed by atoms with Gasteiger partial charge in [-0.15, -0.1) is 0 Å². The van der Waals surface area contributed by atoms with Gasteiger partial charge in [0.1, 0.15) is 5.82 Å². The van der Waals surface area contributed by atoms with E-state index in [1.165, 1.54) is 17.0 Å². The van der Waals surface area contributed by atoms with Crippen molar-refractivity contribution in [3.05, 3.63) is 52.1 Å². The molecule has 1 heterocycles. The molecule has 0 amide bonds. The van der Waals surface area contributed by atoms with Gasteiger partial charge in [0.25, 0.3) is 0 Å². The van der Waals surface area contributed by atoms with Gasteiger partial charge < -0.3 is 10.7 Å². The first-order valence-corrected chi connectivity index (χ1v) is 7.13. The molecule has 4 heteroatoms. The zero-order chi connectivity index (χ0) is 13.2. The highest BCUT2D eigenvalue weighted by molar-refractivity contribution is 6.30. The van der Waals surface area contributed by atoms with E-state index < -0.39 is 0 Å². The highest BCUT2D eigenvalue weighted by Crippen LogP contribution is 2.24. The fourth-order valence-electron chi connectivity index (χ4n) is 2.74. The summed E-state index contributed by atoms with van der Waals surface area (Å²) < 4.78 is 0. The summed E-state index contributed by atoms with van der Waals surface area (Å²) in [5.74, 6) is 1.64. The molecule has 19 heavy (non-hydrogen) atoms. The molecule has 1 aliphatic rings. The van der Waals surface area contributed by atoms with E-state index in [-0.39, 0.29) is 0 Å². The second-order valence-electron chi connectivity index (χ2n) is 5.26. The van der Waals surface area contributed by atoms with Gasteiger partial charge in [0, 0.05) is 17.1 Å². The molecule has 1 aromatic carbocycles.